The molecule has 2 saturated heterocycles. The molecule has 1 amide bonds. The summed E-state index contributed by atoms with van der Waals surface area (Å²) in [6.07, 6.45) is 0.517. The van der Waals surface area contributed by atoms with Crippen LogP contribution in [0.2, 0.25) is 0 Å². The Kier molecular flexibility index (Phi) is 2.84. The van der Waals surface area contributed by atoms with Gasteiger partial charge in [0.15, 0.2) is 0 Å². The number of carbonyl (C=O) groups is 2. The Labute approximate surface area is 92.2 Å². The molecule has 0 saturated carbocycles. The van der Waals surface area contributed by atoms with E-state index < -0.39 is 11.6 Å². The van der Waals surface area contributed by atoms with Gasteiger partial charge in [-0.3, -0.25) is 4.79 Å². The van der Waals surface area contributed by atoms with Gasteiger partial charge in [0.1, 0.15) is 0 Å². The van der Waals surface area contributed by atoms with Crippen molar-refractivity contribution >= 4 is 11.9 Å². The highest BCUT2D eigenvalue weighted by Gasteiger charge is 2.47. The highest BCUT2D eigenvalue weighted by molar-refractivity contribution is 5.83. The number of carboxylic acid groups (broad SMARTS) is 1. The molecule has 2 rings (SSSR count). The van der Waals surface area contributed by atoms with E-state index in [2.05, 4.69) is 0 Å². The molecule has 0 aromatic rings. The zero-order chi connectivity index (χ0) is 11.8. The van der Waals surface area contributed by atoms with Gasteiger partial charge in [0, 0.05) is 19.6 Å². The molecule has 2 atom stereocenters. The lowest BCUT2D eigenvalue weighted by Gasteiger charge is -2.20. The molecule has 0 aliphatic carbocycles. The lowest BCUT2D eigenvalue weighted by atomic mass is 10.1. The highest BCUT2D eigenvalue weighted by Crippen LogP contribution is 2.28. The Bertz CT molecular complexity index is 316. The lowest BCUT2D eigenvalue weighted by molar-refractivity contribution is -0.150. The molecule has 90 valence electrons. The van der Waals surface area contributed by atoms with Crippen LogP contribution in [0, 0.1) is 5.92 Å². The van der Waals surface area contributed by atoms with Gasteiger partial charge in [-0.2, -0.15) is 0 Å². The third-order valence-corrected chi connectivity index (χ3v) is 3.19. The fourth-order valence-electron chi connectivity index (χ4n) is 2.12. The first-order valence-corrected chi connectivity index (χ1v) is 5.32. The summed E-state index contributed by atoms with van der Waals surface area (Å²) >= 11 is 0. The van der Waals surface area contributed by atoms with Gasteiger partial charge in [-0.15, -0.1) is 0 Å². The van der Waals surface area contributed by atoms with E-state index in [-0.39, 0.29) is 31.3 Å². The number of carboxylic acids is 1. The number of carbonyl (C=O) groups excluding carboxylic acids is 1. The molecular weight excluding hydrogens is 217 g/mol. The largest absolute Gasteiger partial charge is 0.479 e. The standard InChI is InChI=1S/C10H14FNO4/c11-10(9(14)15)2-3-12(6-10)8(13)7-1-4-16-5-7/h7H,1-6H2,(H,14,15). The Balaban J connectivity index is 1.97. The molecule has 0 bridgehead atoms. The molecule has 2 unspecified atom stereocenters. The molecule has 0 aromatic carbocycles. The van der Waals surface area contributed by atoms with Crippen LogP contribution in [0.25, 0.3) is 0 Å². The lowest BCUT2D eigenvalue weighted by Crippen LogP contribution is -2.41. The third-order valence-electron chi connectivity index (χ3n) is 3.19. The average molecular weight is 231 g/mol. The van der Waals surface area contributed by atoms with Gasteiger partial charge >= 0.3 is 5.97 Å². The number of rotatable bonds is 2. The molecule has 2 fully saturated rings. The Morgan fingerprint density at radius 1 is 1.50 bits per heavy atom. The summed E-state index contributed by atoms with van der Waals surface area (Å²) < 4.78 is 18.8. The molecule has 0 aromatic heterocycles. The summed E-state index contributed by atoms with van der Waals surface area (Å²) in [6, 6.07) is 0. The van der Waals surface area contributed by atoms with E-state index in [0.717, 1.165) is 0 Å². The molecule has 5 nitrogen and oxygen atoms in total. The van der Waals surface area contributed by atoms with E-state index in [1.807, 2.05) is 0 Å². The van der Waals surface area contributed by atoms with Crippen LogP contribution in [0.4, 0.5) is 4.39 Å². The number of nitrogens with zero attached hydrogens (tertiary/aromatic N) is 1. The number of halogens is 1. The van der Waals surface area contributed by atoms with Crippen LogP contribution < -0.4 is 0 Å². The number of hydrogen-bond donors (Lipinski definition) is 1. The smallest absolute Gasteiger partial charge is 0.343 e. The number of amides is 1. The van der Waals surface area contributed by atoms with E-state index in [9.17, 15) is 14.0 Å². The van der Waals surface area contributed by atoms with Crippen molar-refractivity contribution in [2.45, 2.75) is 18.5 Å². The zero-order valence-electron chi connectivity index (χ0n) is 8.82. The molecule has 0 spiro atoms. The minimum absolute atomic E-state index is 0.123. The second-order valence-electron chi connectivity index (χ2n) is 4.34. The molecule has 2 heterocycles. The summed E-state index contributed by atoms with van der Waals surface area (Å²) in [5.74, 6) is -1.89. The van der Waals surface area contributed by atoms with Gasteiger partial charge < -0.3 is 14.7 Å². The van der Waals surface area contributed by atoms with Crippen LogP contribution >= 0.6 is 0 Å². The van der Waals surface area contributed by atoms with Crippen molar-refractivity contribution in [2.24, 2.45) is 5.92 Å². The van der Waals surface area contributed by atoms with E-state index >= 15 is 0 Å². The maximum atomic E-state index is 13.7. The summed E-state index contributed by atoms with van der Waals surface area (Å²) in [4.78, 5) is 23.8. The summed E-state index contributed by atoms with van der Waals surface area (Å²) in [5.41, 5.74) is -2.27. The summed E-state index contributed by atoms with van der Waals surface area (Å²) in [6.45, 7) is 0.751. The molecule has 2 aliphatic rings. The number of aliphatic carboxylic acids is 1. The van der Waals surface area contributed by atoms with Crippen molar-refractivity contribution < 1.29 is 23.8 Å². The van der Waals surface area contributed by atoms with Crippen molar-refractivity contribution in [3.63, 3.8) is 0 Å². The number of likely N-dealkylation sites (tertiary alicyclic amines) is 1. The number of ether oxygens (including phenoxy) is 1. The zero-order valence-corrected chi connectivity index (χ0v) is 8.82. The van der Waals surface area contributed by atoms with Crippen LogP contribution in [0.3, 0.4) is 0 Å². The quantitative estimate of drug-likeness (QED) is 0.729. The first-order valence-electron chi connectivity index (χ1n) is 5.32. The first-order chi connectivity index (χ1) is 7.53. The van der Waals surface area contributed by atoms with Crippen molar-refractivity contribution in [1.82, 2.24) is 4.90 Å². The van der Waals surface area contributed by atoms with E-state index in [1.165, 1.54) is 4.90 Å². The van der Waals surface area contributed by atoms with Crippen LogP contribution in [0.5, 0.6) is 0 Å². The van der Waals surface area contributed by atoms with Crippen molar-refractivity contribution in [2.75, 3.05) is 26.3 Å². The summed E-state index contributed by atoms with van der Waals surface area (Å²) in [7, 11) is 0. The van der Waals surface area contributed by atoms with Crippen LogP contribution in [-0.4, -0.2) is 53.9 Å². The third kappa shape index (κ3) is 1.89. The topological polar surface area (TPSA) is 66.8 Å². The minimum Gasteiger partial charge on any atom is -0.479 e. The van der Waals surface area contributed by atoms with E-state index in [4.69, 9.17) is 9.84 Å². The second kappa shape index (κ2) is 4.01. The maximum Gasteiger partial charge on any atom is 0.343 e. The summed E-state index contributed by atoms with van der Waals surface area (Å²) in [5, 5.41) is 8.70. The van der Waals surface area contributed by atoms with Crippen LogP contribution in [0.15, 0.2) is 0 Å². The molecule has 2 aliphatic heterocycles. The first kappa shape index (κ1) is 11.3. The Morgan fingerprint density at radius 3 is 2.75 bits per heavy atom. The average Bonchev–Trinajstić information content (AvgIpc) is 2.85. The molecule has 16 heavy (non-hydrogen) atoms. The Morgan fingerprint density at radius 2 is 2.25 bits per heavy atom. The maximum absolute atomic E-state index is 13.7. The fourth-order valence-corrected chi connectivity index (χ4v) is 2.12. The number of hydrogen-bond acceptors (Lipinski definition) is 3. The van der Waals surface area contributed by atoms with Crippen molar-refractivity contribution in [3.05, 3.63) is 0 Å². The van der Waals surface area contributed by atoms with E-state index in [1.54, 1.807) is 0 Å². The minimum atomic E-state index is -2.27. The van der Waals surface area contributed by atoms with Gasteiger partial charge in [0.05, 0.1) is 19.1 Å². The highest BCUT2D eigenvalue weighted by atomic mass is 19.1. The monoisotopic (exact) mass is 231 g/mol. The predicted octanol–water partition coefficient (Wildman–Crippen LogP) is 0.0481. The van der Waals surface area contributed by atoms with Gasteiger partial charge in [-0.25, -0.2) is 9.18 Å². The molecular formula is C10H14FNO4. The van der Waals surface area contributed by atoms with Gasteiger partial charge in [-0.05, 0) is 6.42 Å². The normalized spacial score (nSPS) is 34.3. The van der Waals surface area contributed by atoms with Gasteiger partial charge in [-0.1, -0.05) is 0 Å². The molecule has 6 heteroatoms. The van der Waals surface area contributed by atoms with Crippen molar-refractivity contribution in [3.8, 4) is 0 Å². The van der Waals surface area contributed by atoms with E-state index in [0.29, 0.717) is 19.6 Å². The molecule has 0 radical (unpaired) electrons. The predicted molar refractivity (Wildman–Crippen MR) is 51.6 cm³/mol. The Hall–Kier alpha value is -1.17. The molecule has 1 N–H and O–H groups in total. The second-order valence-corrected chi connectivity index (χ2v) is 4.34. The van der Waals surface area contributed by atoms with Crippen LogP contribution in [-0.2, 0) is 14.3 Å². The fraction of sp³-hybridized carbons (Fsp3) is 0.800. The van der Waals surface area contributed by atoms with Crippen molar-refractivity contribution in [1.29, 1.82) is 0 Å². The number of alkyl halides is 1. The van der Waals surface area contributed by atoms with Gasteiger partial charge in [0.2, 0.25) is 11.6 Å². The van der Waals surface area contributed by atoms with Gasteiger partial charge in [0.25, 0.3) is 0 Å². The van der Waals surface area contributed by atoms with Crippen LogP contribution in [0.1, 0.15) is 12.8 Å². The SMILES string of the molecule is O=C(C1CCOC1)N1CCC(F)(C(=O)O)C1.